The zero-order valence-corrected chi connectivity index (χ0v) is 13.9. The standard InChI is InChI=1S/C12H16BrFN2O2S.ClH/c13-10-5-4-9(14)6-12(10)19(17,18)16-11-3-1-2-8(11)7-15;/h4-6,8,11,16H,1-3,7,15H2;1H. The van der Waals surface area contributed by atoms with Crippen LogP contribution in [0.1, 0.15) is 19.3 Å². The topological polar surface area (TPSA) is 72.2 Å². The molecule has 2 atom stereocenters. The second-order valence-electron chi connectivity index (χ2n) is 4.73. The summed E-state index contributed by atoms with van der Waals surface area (Å²) in [6.07, 6.45) is 2.65. The second-order valence-corrected chi connectivity index (χ2v) is 7.27. The molecule has 0 spiro atoms. The smallest absolute Gasteiger partial charge is 0.242 e. The van der Waals surface area contributed by atoms with Crippen LogP contribution in [0.4, 0.5) is 4.39 Å². The van der Waals surface area contributed by atoms with Gasteiger partial charge in [-0.1, -0.05) is 6.42 Å². The van der Waals surface area contributed by atoms with Gasteiger partial charge in [-0.25, -0.2) is 17.5 Å². The van der Waals surface area contributed by atoms with Crippen molar-refractivity contribution in [1.82, 2.24) is 4.72 Å². The van der Waals surface area contributed by atoms with E-state index in [1.807, 2.05) is 0 Å². The molecule has 20 heavy (non-hydrogen) atoms. The average molecular weight is 388 g/mol. The first-order valence-corrected chi connectivity index (χ1v) is 8.39. The van der Waals surface area contributed by atoms with Gasteiger partial charge in [-0.2, -0.15) is 0 Å². The van der Waals surface area contributed by atoms with Gasteiger partial charge in [-0.15, -0.1) is 12.4 Å². The van der Waals surface area contributed by atoms with E-state index in [9.17, 15) is 12.8 Å². The number of sulfonamides is 1. The molecule has 0 saturated heterocycles. The van der Waals surface area contributed by atoms with Crippen LogP contribution in [-0.2, 0) is 10.0 Å². The van der Waals surface area contributed by atoms with Crippen LogP contribution in [0.2, 0.25) is 0 Å². The molecule has 0 radical (unpaired) electrons. The number of hydrogen-bond donors (Lipinski definition) is 2. The molecule has 1 saturated carbocycles. The van der Waals surface area contributed by atoms with E-state index in [1.165, 1.54) is 12.1 Å². The molecule has 114 valence electrons. The quantitative estimate of drug-likeness (QED) is 0.833. The van der Waals surface area contributed by atoms with Crippen molar-refractivity contribution in [3.63, 3.8) is 0 Å². The first-order valence-electron chi connectivity index (χ1n) is 6.11. The molecular weight excluding hydrogens is 371 g/mol. The summed E-state index contributed by atoms with van der Waals surface area (Å²) < 4.78 is 40.7. The van der Waals surface area contributed by atoms with Gasteiger partial charge in [0.1, 0.15) is 5.82 Å². The lowest BCUT2D eigenvalue weighted by molar-refractivity contribution is 0.452. The molecule has 1 aliphatic rings. The van der Waals surface area contributed by atoms with Crippen LogP contribution < -0.4 is 10.5 Å². The Morgan fingerprint density at radius 3 is 2.75 bits per heavy atom. The summed E-state index contributed by atoms with van der Waals surface area (Å²) in [6.45, 7) is 0.456. The predicted molar refractivity (Wildman–Crippen MR) is 81.9 cm³/mol. The average Bonchev–Trinajstić information content (AvgIpc) is 2.78. The van der Waals surface area contributed by atoms with Crippen molar-refractivity contribution < 1.29 is 12.8 Å². The van der Waals surface area contributed by atoms with Crippen molar-refractivity contribution in [3.8, 4) is 0 Å². The lowest BCUT2D eigenvalue weighted by Gasteiger charge is -2.19. The van der Waals surface area contributed by atoms with Gasteiger partial charge >= 0.3 is 0 Å². The highest BCUT2D eigenvalue weighted by Crippen LogP contribution is 2.28. The Morgan fingerprint density at radius 1 is 1.40 bits per heavy atom. The summed E-state index contributed by atoms with van der Waals surface area (Å²) in [6, 6.07) is 3.45. The van der Waals surface area contributed by atoms with E-state index >= 15 is 0 Å². The normalized spacial score (nSPS) is 22.6. The zero-order valence-electron chi connectivity index (χ0n) is 10.7. The van der Waals surface area contributed by atoms with Crippen LogP contribution in [-0.4, -0.2) is 21.0 Å². The Hall–Kier alpha value is -0.210. The molecule has 8 heteroatoms. The molecule has 1 fully saturated rings. The van der Waals surface area contributed by atoms with E-state index in [0.717, 1.165) is 25.3 Å². The minimum atomic E-state index is -3.73. The summed E-state index contributed by atoms with van der Waals surface area (Å²) in [5.41, 5.74) is 5.63. The van der Waals surface area contributed by atoms with Crippen LogP contribution in [0.15, 0.2) is 27.6 Å². The summed E-state index contributed by atoms with van der Waals surface area (Å²) in [4.78, 5) is -0.0739. The van der Waals surface area contributed by atoms with E-state index in [4.69, 9.17) is 5.73 Å². The Kier molecular flexibility index (Phi) is 6.40. The molecule has 0 bridgehead atoms. The number of nitrogens with two attached hydrogens (primary N) is 1. The van der Waals surface area contributed by atoms with Crippen molar-refractivity contribution in [2.45, 2.75) is 30.2 Å². The van der Waals surface area contributed by atoms with Gasteiger partial charge in [0.2, 0.25) is 10.0 Å². The van der Waals surface area contributed by atoms with Crippen LogP contribution in [0.25, 0.3) is 0 Å². The highest BCUT2D eigenvalue weighted by atomic mass is 79.9. The molecule has 2 rings (SSSR count). The third kappa shape index (κ3) is 3.92. The third-order valence-electron chi connectivity index (χ3n) is 3.45. The predicted octanol–water partition coefficient (Wildman–Crippen LogP) is 2.42. The fourth-order valence-electron chi connectivity index (χ4n) is 2.42. The van der Waals surface area contributed by atoms with E-state index < -0.39 is 15.8 Å². The van der Waals surface area contributed by atoms with Gasteiger partial charge in [-0.05, 0) is 59.4 Å². The molecular formula is C12H17BrClFN2O2S. The van der Waals surface area contributed by atoms with E-state index in [1.54, 1.807) is 0 Å². The molecule has 3 N–H and O–H groups in total. The maximum atomic E-state index is 13.2. The minimum Gasteiger partial charge on any atom is -0.330 e. The largest absolute Gasteiger partial charge is 0.330 e. The van der Waals surface area contributed by atoms with Crippen molar-refractivity contribution >= 4 is 38.4 Å². The SMILES string of the molecule is Cl.NCC1CCCC1NS(=O)(=O)c1cc(F)ccc1Br. The van der Waals surface area contributed by atoms with Crippen LogP contribution >= 0.6 is 28.3 Å². The number of benzene rings is 1. The fraction of sp³-hybridized carbons (Fsp3) is 0.500. The summed E-state index contributed by atoms with van der Waals surface area (Å²) >= 11 is 3.14. The van der Waals surface area contributed by atoms with Crippen LogP contribution in [0.5, 0.6) is 0 Å². The van der Waals surface area contributed by atoms with E-state index in [-0.39, 0.29) is 29.3 Å². The lowest BCUT2D eigenvalue weighted by atomic mass is 10.1. The van der Waals surface area contributed by atoms with E-state index in [2.05, 4.69) is 20.7 Å². The van der Waals surface area contributed by atoms with Gasteiger partial charge < -0.3 is 5.73 Å². The van der Waals surface area contributed by atoms with Crippen LogP contribution in [0.3, 0.4) is 0 Å². The molecule has 0 heterocycles. The number of hydrogen-bond acceptors (Lipinski definition) is 3. The van der Waals surface area contributed by atoms with Crippen molar-refractivity contribution in [2.24, 2.45) is 11.7 Å². The molecule has 1 aliphatic carbocycles. The van der Waals surface area contributed by atoms with Crippen molar-refractivity contribution in [2.75, 3.05) is 6.54 Å². The maximum Gasteiger partial charge on any atom is 0.242 e. The lowest BCUT2D eigenvalue weighted by Crippen LogP contribution is -2.39. The van der Waals surface area contributed by atoms with E-state index in [0.29, 0.717) is 11.0 Å². The summed E-state index contributed by atoms with van der Waals surface area (Å²) in [5, 5.41) is 0. The first kappa shape index (κ1) is 17.8. The molecule has 1 aromatic carbocycles. The van der Waals surface area contributed by atoms with Crippen molar-refractivity contribution in [3.05, 3.63) is 28.5 Å². The molecule has 4 nitrogen and oxygen atoms in total. The highest BCUT2D eigenvalue weighted by Gasteiger charge is 2.31. The second kappa shape index (κ2) is 7.17. The Labute approximate surface area is 132 Å². The van der Waals surface area contributed by atoms with Gasteiger partial charge in [-0.3, -0.25) is 0 Å². The Bertz CT molecular complexity index is 571. The zero-order chi connectivity index (χ0) is 14.0. The van der Waals surface area contributed by atoms with Gasteiger partial charge in [0.15, 0.2) is 0 Å². The summed E-state index contributed by atoms with van der Waals surface area (Å²) in [7, 11) is -3.73. The fourth-order valence-corrected chi connectivity index (χ4v) is 4.73. The molecule has 2 unspecified atom stereocenters. The number of rotatable bonds is 4. The van der Waals surface area contributed by atoms with Crippen LogP contribution in [0, 0.1) is 11.7 Å². The van der Waals surface area contributed by atoms with Gasteiger partial charge in [0, 0.05) is 10.5 Å². The molecule has 1 aromatic rings. The third-order valence-corrected chi connectivity index (χ3v) is 5.93. The number of halogens is 3. The molecule has 0 amide bonds. The first-order chi connectivity index (χ1) is 8.94. The van der Waals surface area contributed by atoms with Gasteiger partial charge in [0.25, 0.3) is 0 Å². The summed E-state index contributed by atoms with van der Waals surface area (Å²) in [5.74, 6) is -0.424. The van der Waals surface area contributed by atoms with Crippen molar-refractivity contribution in [1.29, 1.82) is 0 Å². The Balaban J connectivity index is 0.00000200. The van der Waals surface area contributed by atoms with Gasteiger partial charge in [0.05, 0.1) is 4.90 Å². The monoisotopic (exact) mass is 386 g/mol. The minimum absolute atomic E-state index is 0. The number of nitrogens with one attached hydrogen (secondary N) is 1. The maximum absolute atomic E-state index is 13.2. The molecule has 0 aliphatic heterocycles. The Morgan fingerprint density at radius 2 is 2.10 bits per heavy atom. The molecule has 0 aromatic heterocycles. The highest BCUT2D eigenvalue weighted by molar-refractivity contribution is 9.10.